The van der Waals surface area contributed by atoms with Crippen LogP contribution in [0.25, 0.3) is 34.1 Å². The number of fused-ring (bicyclic) bond motifs is 2. The molecule has 3 heteroatoms. The quantitative estimate of drug-likeness (QED) is 0.536. The zero-order chi connectivity index (χ0) is 17.7. The summed E-state index contributed by atoms with van der Waals surface area (Å²) in [6.45, 7) is 4.21. The third-order valence-corrected chi connectivity index (χ3v) is 5.01. The Balaban J connectivity index is 1.53. The number of H-pyrrole nitrogens is 1. The molecule has 0 atom stereocenters. The van der Waals surface area contributed by atoms with E-state index < -0.39 is 0 Å². The molecule has 2 heterocycles. The molecule has 1 aliphatic carbocycles. The molecule has 0 saturated carbocycles. The number of nitrogens with one attached hydrogen (secondary N) is 1. The van der Waals surface area contributed by atoms with Crippen LogP contribution in [-0.2, 0) is 6.42 Å². The van der Waals surface area contributed by atoms with Crippen molar-refractivity contribution in [1.82, 2.24) is 15.0 Å². The Hall–Kier alpha value is -3.20. The number of aromatic amines is 1. The summed E-state index contributed by atoms with van der Waals surface area (Å²) >= 11 is 0. The highest BCUT2D eigenvalue weighted by atomic mass is 14.9. The van der Waals surface area contributed by atoms with Crippen molar-refractivity contribution < 1.29 is 0 Å². The highest BCUT2D eigenvalue weighted by Crippen LogP contribution is 2.32. The fourth-order valence-electron chi connectivity index (χ4n) is 3.47. The van der Waals surface area contributed by atoms with E-state index in [9.17, 15) is 0 Å². The van der Waals surface area contributed by atoms with Crippen molar-refractivity contribution in [2.45, 2.75) is 20.3 Å². The first-order chi connectivity index (χ1) is 12.7. The second-order valence-electron chi connectivity index (χ2n) is 7.05. The van der Waals surface area contributed by atoms with Gasteiger partial charge in [-0.25, -0.2) is 9.97 Å². The Labute approximate surface area is 152 Å². The molecule has 0 unspecified atom stereocenters. The van der Waals surface area contributed by atoms with Gasteiger partial charge in [0.25, 0.3) is 0 Å². The van der Waals surface area contributed by atoms with Crippen LogP contribution >= 0.6 is 0 Å². The Kier molecular flexibility index (Phi) is 3.29. The molecular weight excluding hydrogens is 318 g/mol. The van der Waals surface area contributed by atoms with Gasteiger partial charge in [-0.3, -0.25) is 0 Å². The average molecular weight is 337 g/mol. The van der Waals surface area contributed by atoms with E-state index in [4.69, 9.17) is 9.97 Å². The topological polar surface area (TPSA) is 41.6 Å². The Morgan fingerprint density at radius 3 is 2.15 bits per heavy atom. The van der Waals surface area contributed by atoms with E-state index in [2.05, 4.69) is 79.5 Å². The predicted octanol–water partition coefficient (Wildman–Crippen LogP) is 5.34. The van der Waals surface area contributed by atoms with E-state index in [0.717, 1.165) is 40.2 Å². The summed E-state index contributed by atoms with van der Waals surface area (Å²) in [5.74, 6) is 0. The van der Waals surface area contributed by atoms with Crippen LogP contribution in [0.15, 0.2) is 54.6 Å². The molecule has 5 rings (SSSR count). The maximum Gasteiger partial charge on any atom is 0.157 e. The highest BCUT2D eigenvalue weighted by Gasteiger charge is 2.19. The van der Waals surface area contributed by atoms with Crippen molar-refractivity contribution in [3.8, 4) is 11.3 Å². The lowest BCUT2D eigenvalue weighted by atomic mass is 10.0. The Morgan fingerprint density at radius 2 is 1.46 bits per heavy atom. The van der Waals surface area contributed by atoms with E-state index in [0.29, 0.717) is 0 Å². The highest BCUT2D eigenvalue weighted by molar-refractivity contribution is 5.89. The fourth-order valence-corrected chi connectivity index (χ4v) is 3.47. The number of allylic oxidation sites excluding steroid dienone is 1. The largest absolute Gasteiger partial charge is 0.338 e. The molecule has 0 fully saturated rings. The lowest BCUT2D eigenvalue weighted by Gasteiger charge is -2.02. The van der Waals surface area contributed by atoms with Gasteiger partial charge in [-0.2, -0.15) is 0 Å². The van der Waals surface area contributed by atoms with Crippen molar-refractivity contribution in [1.29, 1.82) is 0 Å². The Bertz CT molecular complexity index is 1150. The van der Waals surface area contributed by atoms with Gasteiger partial charge in [-0.15, -0.1) is 0 Å². The molecule has 2 aromatic carbocycles. The molecule has 126 valence electrons. The van der Waals surface area contributed by atoms with Gasteiger partial charge in [-0.05, 0) is 42.7 Å². The number of aryl methyl sites for hydroxylation is 2. The second kappa shape index (κ2) is 5.67. The lowest BCUT2D eigenvalue weighted by Crippen LogP contribution is -1.93. The van der Waals surface area contributed by atoms with Crippen molar-refractivity contribution >= 4 is 22.8 Å². The zero-order valence-electron chi connectivity index (χ0n) is 14.9. The number of aromatic nitrogens is 3. The molecule has 1 N–H and O–H groups in total. The predicted molar refractivity (Wildman–Crippen MR) is 107 cm³/mol. The first kappa shape index (κ1) is 15.1. The van der Waals surface area contributed by atoms with Crippen molar-refractivity contribution in [2.75, 3.05) is 0 Å². The maximum atomic E-state index is 4.87. The lowest BCUT2D eigenvalue weighted by molar-refractivity contribution is 1.12. The van der Waals surface area contributed by atoms with Crippen molar-refractivity contribution in [2.24, 2.45) is 0 Å². The minimum Gasteiger partial charge on any atom is -0.338 e. The summed E-state index contributed by atoms with van der Waals surface area (Å²) in [6, 6.07) is 19.2. The van der Waals surface area contributed by atoms with Gasteiger partial charge in [0, 0.05) is 12.1 Å². The van der Waals surface area contributed by atoms with E-state index >= 15 is 0 Å². The number of hydrogen-bond donors (Lipinski definition) is 1. The molecular formula is C23H19N3. The molecule has 0 bridgehead atoms. The third kappa shape index (κ3) is 2.53. The zero-order valence-corrected chi connectivity index (χ0v) is 14.9. The smallest absolute Gasteiger partial charge is 0.157 e. The fraction of sp³-hybridized carbons (Fsp3) is 0.130. The van der Waals surface area contributed by atoms with Gasteiger partial charge in [0.05, 0.1) is 11.4 Å². The molecule has 2 aromatic heterocycles. The van der Waals surface area contributed by atoms with Gasteiger partial charge in [-0.1, -0.05) is 59.7 Å². The van der Waals surface area contributed by atoms with Gasteiger partial charge in [0.1, 0.15) is 5.52 Å². The van der Waals surface area contributed by atoms with E-state index in [1.807, 2.05) is 0 Å². The summed E-state index contributed by atoms with van der Waals surface area (Å²) in [5.41, 5.74) is 11.1. The average Bonchev–Trinajstić information content (AvgIpc) is 3.23. The standard InChI is InChI=1S/C23H19N3/c1-14-3-7-16(8-4-14)18-11-20-21(12-18)26-23-22(24-20)13-19(25-23)17-9-5-15(2)6-10-17/h3-10,12-13H,11H2,1-2H3,(H,25,26). The van der Waals surface area contributed by atoms with E-state index in [-0.39, 0.29) is 0 Å². The second-order valence-corrected chi connectivity index (χ2v) is 7.05. The molecule has 26 heavy (non-hydrogen) atoms. The van der Waals surface area contributed by atoms with Crippen LogP contribution in [0.4, 0.5) is 0 Å². The first-order valence-corrected chi connectivity index (χ1v) is 8.90. The molecule has 1 aliphatic rings. The molecule has 0 radical (unpaired) electrons. The summed E-state index contributed by atoms with van der Waals surface area (Å²) in [7, 11) is 0. The summed E-state index contributed by atoms with van der Waals surface area (Å²) < 4.78 is 0. The van der Waals surface area contributed by atoms with Crippen LogP contribution in [0.1, 0.15) is 28.1 Å². The number of hydrogen-bond acceptors (Lipinski definition) is 2. The van der Waals surface area contributed by atoms with Gasteiger partial charge < -0.3 is 4.98 Å². The van der Waals surface area contributed by atoms with E-state index in [1.165, 1.54) is 22.3 Å². The number of benzene rings is 2. The monoisotopic (exact) mass is 337 g/mol. The summed E-state index contributed by atoms with van der Waals surface area (Å²) in [5, 5.41) is 0. The van der Waals surface area contributed by atoms with Crippen LogP contribution < -0.4 is 0 Å². The Morgan fingerprint density at radius 1 is 0.808 bits per heavy atom. The number of rotatable bonds is 2. The SMILES string of the molecule is Cc1ccc(C2=Cc3nc4[nH]c(-c5ccc(C)cc5)cc4nc3C2)cc1. The summed E-state index contributed by atoms with van der Waals surface area (Å²) in [4.78, 5) is 13.1. The summed E-state index contributed by atoms with van der Waals surface area (Å²) in [6.07, 6.45) is 3.01. The van der Waals surface area contributed by atoms with Crippen LogP contribution in [-0.4, -0.2) is 15.0 Å². The molecule has 0 amide bonds. The van der Waals surface area contributed by atoms with Gasteiger partial charge >= 0.3 is 0 Å². The van der Waals surface area contributed by atoms with Crippen LogP contribution in [0.2, 0.25) is 0 Å². The minimum atomic E-state index is 0.840. The maximum absolute atomic E-state index is 4.87. The normalized spacial score (nSPS) is 13.1. The first-order valence-electron chi connectivity index (χ1n) is 8.90. The molecule has 0 saturated heterocycles. The van der Waals surface area contributed by atoms with Crippen LogP contribution in [0.5, 0.6) is 0 Å². The molecule has 4 aromatic rings. The van der Waals surface area contributed by atoms with Gasteiger partial charge in [0.2, 0.25) is 0 Å². The number of nitrogens with zero attached hydrogens (tertiary/aromatic N) is 2. The molecule has 0 aliphatic heterocycles. The molecule has 3 nitrogen and oxygen atoms in total. The third-order valence-electron chi connectivity index (χ3n) is 5.01. The minimum absolute atomic E-state index is 0.840. The van der Waals surface area contributed by atoms with E-state index in [1.54, 1.807) is 0 Å². The van der Waals surface area contributed by atoms with Gasteiger partial charge in [0.15, 0.2) is 5.65 Å². The van der Waals surface area contributed by atoms with Crippen molar-refractivity contribution in [3.63, 3.8) is 0 Å². The van der Waals surface area contributed by atoms with Crippen LogP contribution in [0.3, 0.4) is 0 Å². The van der Waals surface area contributed by atoms with Crippen molar-refractivity contribution in [3.05, 3.63) is 82.7 Å². The van der Waals surface area contributed by atoms with Crippen LogP contribution in [0, 0.1) is 13.8 Å². The molecule has 0 spiro atoms.